The quantitative estimate of drug-likeness (QED) is 0.305. The van der Waals surface area contributed by atoms with Gasteiger partial charge in [0.05, 0.1) is 18.3 Å². The summed E-state index contributed by atoms with van der Waals surface area (Å²) in [5.41, 5.74) is 1.38. The third kappa shape index (κ3) is 4.10. The first kappa shape index (κ1) is 21.9. The molecule has 0 aliphatic carbocycles. The van der Waals surface area contributed by atoms with Crippen LogP contribution in [0, 0.1) is 19.7 Å². The van der Waals surface area contributed by atoms with Crippen LogP contribution < -0.4 is 5.56 Å². The Kier molecular flexibility index (Phi) is 5.49. The third-order valence-corrected chi connectivity index (χ3v) is 6.13. The van der Waals surface area contributed by atoms with Crippen molar-refractivity contribution in [1.82, 2.24) is 14.1 Å². The average molecular weight is 463 g/mol. The lowest BCUT2D eigenvalue weighted by Crippen LogP contribution is -2.25. The minimum atomic E-state index is -4.42. The summed E-state index contributed by atoms with van der Waals surface area (Å²) in [5.74, 6) is -0.897. The summed E-state index contributed by atoms with van der Waals surface area (Å²) in [7, 11) is 0. The number of carbonyl (C=O) groups is 1. The van der Waals surface area contributed by atoms with Crippen molar-refractivity contribution in [2.45, 2.75) is 33.1 Å². The minimum absolute atomic E-state index is 0.128. The fourth-order valence-corrected chi connectivity index (χ4v) is 4.57. The zero-order chi connectivity index (χ0) is 23.2. The van der Waals surface area contributed by atoms with Crippen molar-refractivity contribution >= 4 is 27.3 Å². The van der Waals surface area contributed by atoms with Crippen LogP contribution in [-0.4, -0.2) is 26.1 Å². The summed E-state index contributed by atoms with van der Waals surface area (Å²) in [6.07, 6.45) is -3.17. The van der Waals surface area contributed by atoms with Crippen LogP contribution in [0.4, 0.5) is 17.6 Å². The van der Waals surface area contributed by atoms with Gasteiger partial charge in [-0.05, 0) is 37.6 Å². The third-order valence-electron chi connectivity index (χ3n) is 5.24. The van der Waals surface area contributed by atoms with Crippen molar-refractivity contribution in [3.05, 3.63) is 75.2 Å². The molecular formula is C22H17F4N3O2S. The zero-order valence-corrected chi connectivity index (χ0v) is 17.9. The van der Waals surface area contributed by atoms with E-state index in [1.165, 1.54) is 49.7 Å². The molecule has 32 heavy (non-hydrogen) atoms. The highest BCUT2D eigenvalue weighted by atomic mass is 32.1. The first-order valence-electron chi connectivity index (χ1n) is 9.54. The number of aromatic nitrogens is 3. The predicted molar refractivity (Wildman–Crippen MR) is 114 cm³/mol. The Bertz CT molecular complexity index is 1380. The Morgan fingerprint density at radius 1 is 1.16 bits per heavy atom. The van der Waals surface area contributed by atoms with Gasteiger partial charge in [-0.1, -0.05) is 12.1 Å². The van der Waals surface area contributed by atoms with Gasteiger partial charge in [0.25, 0.3) is 5.56 Å². The molecular weight excluding hydrogens is 446 g/mol. The number of benzene rings is 1. The first-order chi connectivity index (χ1) is 15.0. The number of Topliss-reactive ketones (excluding diaryl/α,β-unsaturated/α-hetero) is 1. The molecule has 5 nitrogen and oxygen atoms in total. The number of halogens is 4. The monoisotopic (exact) mass is 463 g/mol. The molecule has 0 saturated heterocycles. The lowest BCUT2D eigenvalue weighted by Gasteiger charge is -2.12. The van der Waals surface area contributed by atoms with E-state index in [0.29, 0.717) is 27.0 Å². The van der Waals surface area contributed by atoms with E-state index in [-0.39, 0.29) is 17.8 Å². The highest BCUT2D eigenvalue weighted by Crippen LogP contribution is 2.30. The van der Waals surface area contributed by atoms with E-state index in [4.69, 9.17) is 0 Å². The van der Waals surface area contributed by atoms with E-state index in [1.807, 2.05) is 0 Å². The van der Waals surface area contributed by atoms with Gasteiger partial charge in [0.2, 0.25) is 0 Å². The molecule has 4 rings (SSSR count). The van der Waals surface area contributed by atoms with Gasteiger partial charge >= 0.3 is 6.18 Å². The number of alkyl halides is 3. The topological polar surface area (TPSA) is 56.9 Å². The van der Waals surface area contributed by atoms with Gasteiger partial charge in [0, 0.05) is 27.9 Å². The molecule has 0 aliphatic heterocycles. The summed E-state index contributed by atoms with van der Waals surface area (Å²) in [4.78, 5) is 30.7. The van der Waals surface area contributed by atoms with Crippen LogP contribution in [0.3, 0.4) is 0 Å². The van der Waals surface area contributed by atoms with Crippen LogP contribution >= 0.6 is 11.3 Å². The number of ketones is 1. The van der Waals surface area contributed by atoms with Crippen molar-refractivity contribution in [1.29, 1.82) is 0 Å². The molecule has 1 aromatic carbocycles. The van der Waals surface area contributed by atoms with Crippen LogP contribution in [0.15, 0.2) is 46.8 Å². The SMILES string of the molecule is Cc1cc(C(=O)Cn2cnc3scc(-c4ccc(F)cc4)c3c2=O)c(C)n1CC(F)(F)F. The second-order valence-corrected chi connectivity index (χ2v) is 8.28. The lowest BCUT2D eigenvalue weighted by atomic mass is 10.1. The van der Waals surface area contributed by atoms with Crippen molar-refractivity contribution in [3.63, 3.8) is 0 Å². The van der Waals surface area contributed by atoms with Gasteiger partial charge in [-0.3, -0.25) is 14.2 Å². The van der Waals surface area contributed by atoms with Crippen molar-refractivity contribution < 1.29 is 22.4 Å². The molecule has 0 saturated carbocycles. The van der Waals surface area contributed by atoms with Crippen LogP contribution in [0.25, 0.3) is 21.3 Å². The molecule has 0 radical (unpaired) electrons. The Balaban J connectivity index is 1.70. The van der Waals surface area contributed by atoms with Gasteiger partial charge in [0.1, 0.15) is 17.2 Å². The number of nitrogens with zero attached hydrogens (tertiary/aromatic N) is 3. The Morgan fingerprint density at radius 2 is 1.84 bits per heavy atom. The van der Waals surface area contributed by atoms with E-state index in [2.05, 4.69) is 4.98 Å². The van der Waals surface area contributed by atoms with E-state index in [9.17, 15) is 27.2 Å². The molecule has 0 fully saturated rings. The second kappa shape index (κ2) is 8.01. The van der Waals surface area contributed by atoms with Gasteiger partial charge in [0.15, 0.2) is 5.78 Å². The summed E-state index contributed by atoms with van der Waals surface area (Å²) in [5, 5.41) is 2.04. The van der Waals surface area contributed by atoms with Gasteiger partial charge < -0.3 is 4.57 Å². The van der Waals surface area contributed by atoms with Gasteiger partial charge in [-0.2, -0.15) is 13.2 Å². The molecule has 0 atom stereocenters. The normalized spacial score (nSPS) is 11.9. The van der Waals surface area contributed by atoms with E-state index < -0.39 is 29.9 Å². The largest absolute Gasteiger partial charge is 0.406 e. The van der Waals surface area contributed by atoms with Gasteiger partial charge in [-0.25, -0.2) is 9.37 Å². The predicted octanol–water partition coefficient (Wildman–Crippen LogP) is 5.13. The van der Waals surface area contributed by atoms with Crippen molar-refractivity contribution in [2.75, 3.05) is 0 Å². The molecule has 0 N–H and O–H groups in total. The number of fused-ring (bicyclic) bond motifs is 1. The highest BCUT2D eigenvalue weighted by molar-refractivity contribution is 7.17. The molecule has 0 amide bonds. The first-order valence-corrected chi connectivity index (χ1v) is 10.4. The molecule has 166 valence electrons. The highest BCUT2D eigenvalue weighted by Gasteiger charge is 2.30. The molecule has 3 heterocycles. The fourth-order valence-electron chi connectivity index (χ4n) is 3.67. The van der Waals surface area contributed by atoms with E-state index in [1.54, 1.807) is 17.5 Å². The minimum Gasteiger partial charge on any atom is -0.339 e. The number of carbonyl (C=O) groups excluding carboxylic acids is 1. The van der Waals surface area contributed by atoms with Crippen LogP contribution in [0.5, 0.6) is 0 Å². The standard InChI is InChI=1S/C22H17F4N3O2S/c1-12-7-16(13(2)29(12)10-22(24,25)26)18(30)8-28-11-27-20-19(21(28)31)17(9-32-20)14-3-5-15(23)6-4-14/h3-7,9,11H,8,10H2,1-2H3. The Labute approximate surface area is 183 Å². The average Bonchev–Trinajstić information content (AvgIpc) is 3.27. The number of thiophene rings is 1. The van der Waals surface area contributed by atoms with Crippen LogP contribution in [-0.2, 0) is 13.1 Å². The molecule has 3 aromatic heterocycles. The number of hydrogen-bond acceptors (Lipinski definition) is 4. The number of aryl methyl sites for hydroxylation is 1. The second-order valence-electron chi connectivity index (χ2n) is 7.42. The van der Waals surface area contributed by atoms with E-state index >= 15 is 0 Å². The van der Waals surface area contributed by atoms with Crippen LogP contribution in [0.1, 0.15) is 21.7 Å². The summed E-state index contributed by atoms with van der Waals surface area (Å²) in [6.45, 7) is 1.38. The molecule has 10 heteroatoms. The fraction of sp³-hybridized carbons (Fsp3) is 0.227. The van der Waals surface area contributed by atoms with Crippen LogP contribution in [0.2, 0.25) is 0 Å². The lowest BCUT2D eigenvalue weighted by molar-refractivity contribution is -0.141. The Hall–Kier alpha value is -3.27. The maximum absolute atomic E-state index is 13.3. The zero-order valence-electron chi connectivity index (χ0n) is 17.0. The maximum Gasteiger partial charge on any atom is 0.406 e. The van der Waals surface area contributed by atoms with Crippen molar-refractivity contribution in [3.8, 4) is 11.1 Å². The summed E-state index contributed by atoms with van der Waals surface area (Å²) >= 11 is 1.25. The maximum atomic E-state index is 13.3. The molecule has 0 bridgehead atoms. The molecule has 0 spiro atoms. The number of hydrogen-bond donors (Lipinski definition) is 0. The van der Waals surface area contributed by atoms with E-state index in [0.717, 1.165) is 9.13 Å². The number of rotatable bonds is 5. The molecule has 0 aliphatic rings. The van der Waals surface area contributed by atoms with Gasteiger partial charge in [-0.15, -0.1) is 11.3 Å². The molecule has 4 aromatic rings. The molecule has 0 unspecified atom stereocenters. The Morgan fingerprint density at radius 3 is 2.50 bits per heavy atom. The summed E-state index contributed by atoms with van der Waals surface area (Å²) in [6, 6.07) is 7.07. The smallest absolute Gasteiger partial charge is 0.339 e. The van der Waals surface area contributed by atoms with Crippen molar-refractivity contribution in [2.24, 2.45) is 0 Å². The summed E-state index contributed by atoms with van der Waals surface area (Å²) < 4.78 is 54.0.